The van der Waals surface area contributed by atoms with Crippen molar-refractivity contribution in [3.05, 3.63) is 30.1 Å². The molecule has 3 heteroatoms. The van der Waals surface area contributed by atoms with Gasteiger partial charge in [-0.15, -0.1) is 11.8 Å². The Morgan fingerprint density at radius 2 is 2.05 bits per heavy atom. The topological polar surface area (TPSA) is 12.0 Å². The number of rotatable bonds is 6. The van der Waals surface area contributed by atoms with E-state index in [0.29, 0.717) is 11.3 Å². The van der Waals surface area contributed by atoms with Crippen LogP contribution in [0.4, 0.5) is 4.39 Å². The first-order valence-corrected chi connectivity index (χ1v) is 8.77. The summed E-state index contributed by atoms with van der Waals surface area (Å²) in [5.41, 5.74) is 0. The number of hydrogen-bond donors (Lipinski definition) is 1. The maximum absolute atomic E-state index is 13.9. The number of benzene rings is 1. The standard InChI is InChI=1S/C17H26FNS/c1-3-11-19-15-10-9-13(4-2)12-17(15)20-16-8-6-5-7-14(16)18/h5-8,13,15,17,19H,3-4,9-12H2,1-2H3. The second kappa shape index (κ2) is 8.04. The SMILES string of the molecule is CCCNC1CCC(CC)CC1Sc1ccccc1F. The quantitative estimate of drug-likeness (QED) is 0.804. The Balaban J connectivity index is 2.04. The molecule has 0 aromatic heterocycles. The molecule has 0 spiro atoms. The highest BCUT2D eigenvalue weighted by atomic mass is 32.2. The maximum atomic E-state index is 13.9. The van der Waals surface area contributed by atoms with Gasteiger partial charge in [-0.3, -0.25) is 0 Å². The monoisotopic (exact) mass is 295 g/mol. The highest BCUT2D eigenvalue weighted by molar-refractivity contribution is 8.00. The molecule has 3 unspecified atom stereocenters. The average Bonchev–Trinajstić information content (AvgIpc) is 2.48. The van der Waals surface area contributed by atoms with Crippen LogP contribution in [0, 0.1) is 11.7 Å². The zero-order valence-electron chi connectivity index (χ0n) is 12.6. The predicted octanol–water partition coefficient (Wildman–Crippen LogP) is 4.86. The number of halogens is 1. The van der Waals surface area contributed by atoms with E-state index >= 15 is 0 Å². The molecule has 112 valence electrons. The summed E-state index contributed by atoms with van der Waals surface area (Å²) in [6, 6.07) is 7.70. The van der Waals surface area contributed by atoms with Gasteiger partial charge in [0.1, 0.15) is 5.82 Å². The molecule has 0 bridgehead atoms. The molecular weight excluding hydrogens is 269 g/mol. The summed E-state index contributed by atoms with van der Waals surface area (Å²) in [7, 11) is 0. The van der Waals surface area contributed by atoms with Gasteiger partial charge >= 0.3 is 0 Å². The third-order valence-corrected chi connectivity index (χ3v) is 5.66. The molecule has 1 saturated carbocycles. The minimum atomic E-state index is -0.0784. The number of hydrogen-bond acceptors (Lipinski definition) is 2. The van der Waals surface area contributed by atoms with Gasteiger partial charge in [0.2, 0.25) is 0 Å². The molecule has 1 aliphatic rings. The summed E-state index contributed by atoms with van der Waals surface area (Å²) in [6.07, 6.45) is 6.15. The molecule has 1 aliphatic carbocycles. The maximum Gasteiger partial charge on any atom is 0.136 e. The number of nitrogens with one attached hydrogen (secondary N) is 1. The van der Waals surface area contributed by atoms with Crippen LogP contribution in [0.15, 0.2) is 29.2 Å². The predicted molar refractivity (Wildman–Crippen MR) is 85.8 cm³/mol. The Labute approximate surface area is 126 Å². The lowest BCUT2D eigenvalue weighted by molar-refractivity contribution is 0.295. The van der Waals surface area contributed by atoms with Gasteiger partial charge < -0.3 is 5.32 Å². The van der Waals surface area contributed by atoms with Crippen molar-refractivity contribution in [3.8, 4) is 0 Å². The lowest BCUT2D eigenvalue weighted by Gasteiger charge is -2.36. The van der Waals surface area contributed by atoms with Crippen LogP contribution in [0.2, 0.25) is 0 Å². The number of thioether (sulfide) groups is 1. The van der Waals surface area contributed by atoms with E-state index in [1.807, 2.05) is 12.1 Å². The molecule has 0 aliphatic heterocycles. The van der Waals surface area contributed by atoms with E-state index in [2.05, 4.69) is 19.2 Å². The molecular formula is C17H26FNS. The molecule has 0 amide bonds. The van der Waals surface area contributed by atoms with Crippen LogP contribution >= 0.6 is 11.8 Å². The molecule has 0 saturated heterocycles. The molecule has 20 heavy (non-hydrogen) atoms. The smallest absolute Gasteiger partial charge is 0.136 e. The molecule has 3 atom stereocenters. The van der Waals surface area contributed by atoms with Crippen molar-refractivity contribution in [2.45, 2.75) is 62.1 Å². The van der Waals surface area contributed by atoms with E-state index in [4.69, 9.17) is 0 Å². The first-order valence-electron chi connectivity index (χ1n) is 7.89. The van der Waals surface area contributed by atoms with Crippen LogP contribution in [0.25, 0.3) is 0 Å². The summed E-state index contributed by atoms with van der Waals surface area (Å²) < 4.78 is 13.9. The van der Waals surface area contributed by atoms with Crippen molar-refractivity contribution in [2.75, 3.05) is 6.54 Å². The van der Waals surface area contributed by atoms with Gasteiger partial charge in [0, 0.05) is 16.2 Å². The third kappa shape index (κ3) is 4.23. The summed E-state index contributed by atoms with van der Waals surface area (Å²) in [5.74, 6) is 0.726. The van der Waals surface area contributed by atoms with Gasteiger partial charge in [-0.25, -0.2) is 4.39 Å². The van der Waals surface area contributed by atoms with E-state index in [-0.39, 0.29) is 5.82 Å². The molecule has 1 fully saturated rings. The fourth-order valence-corrected chi connectivity index (χ4v) is 4.41. The van der Waals surface area contributed by atoms with Crippen LogP contribution in [0.3, 0.4) is 0 Å². The van der Waals surface area contributed by atoms with Crippen molar-refractivity contribution in [1.82, 2.24) is 5.32 Å². The lowest BCUT2D eigenvalue weighted by atomic mass is 9.84. The van der Waals surface area contributed by atoms with Crippen LogP contribution < -0.4 is 5.32 Å². The van der Waals surface area contributed by atoms with Gasteiger partial charge in [-0.1, -0.05) is 32.4 Å². The Morgan fingerprint density at radius 1 is 1.25 bits per heavy atom. The van der Waals surface area contributed by atoms with Gasteiger partial charge in [-0.2, -0.15) is 0 Å². The molecule has 1 aromatic carbocycles. The fourth-order valence-electron chi connectivity index (χ4n) is 2.98. The Kier molecular flexibility index (Phi) is 6.37. The molecule has 0 heterocycles. The molecule has 2 rings (SSSR count). The summed E-state index contributed by atoms with van der Waals surface area (Å²) in [4.78, 5) is 0.803. The average molecular weight is 295 g/mol. The van der Waals surface area contributed by atoms with Crippen molar-refractivity contribution < 1.29 is 4.39 Å². The van der Waals surface area contributed by atoms with E-state index < -0.39 is 0 Å². The van der Waals surface area contributed by atoms with Crippen LogP contribution in [-0.2, 0) is 0 Å². The third-order valence-electron chi connectivity index (χ3n) is 4.25. The largest absolute Gasteiger partial charge is 0.313 e. The molecule has 1 nitrogen and oxygen atoms in total. The second-order valence-electron chi connectivity index (χ2n) is 5.73. The first-order chi connectivity index (χ1) is 9.74. The minimum Gasteiger partial charge on any atom is -0.313 e. The normalized spacial score (nSPS) is 26.6. The van der Waals surface area contributed by atoms with Gasteiger partial charge in [-0.05, 0) is 50.3 Å². The van der Waals surface area contributed by atoms with Crippen LogP contribution in [0.1, 0.15) is 46.0 Å². The fraction of sp³-hybridized carbons (Fsp3) is 0.647. The minimum absolute atomic E-state index is 0.0784. The summed E-state index contributed by atoms with van der Waals surface area (Å²) in [6.45, 7) is 5.54. The van der Waals surface area contributed by atoms with Crippen molar-refractivity contribution in [2.24, 2.45) is 5.92 Å². The summed E-state index contributed by atoms with van der Waals surface area (Å²) >= 11 is 1.73. The van der Waals surface area contributed by atoms with Crippen molar-refractivity contribution in [1.29, 1.82) is 0 Å². The highest BCUT2D eigenvalue weighted by Gasteiger charge is 2.30. The van der Waals surface area contributed by atoms with Crippen LogP contribution in [0.5, 0.6) is 0 Å². The van der Waals surface area contributed by atoms with Crippen LogP contribution in [-0.4, -0.2) is 17.8 Å². The zero-order valence-corrected chi connectivity index (χ0v) is 13.4. The van der Waals surface area contributed by atoms with E-state index in [0.717, 1.165) is 23.8 Å². The summed E-state index contributed by atoms with van der Waals surface area (Å²) in [5, 5.41) is 4.16. The first kappa shape index (κ1) is 15.8. The van der Waals surface area contributed by atoms with Gasteiger partial charge in [0.25, 0.3) is 0 Å². The molecule has 1 N–H and O–H groups in total. The van der Waals surface area contributed by atoms with E-state index in [9.17, 15) is 4.39 Å². The highest BCUT2D eigenvalue weighted by Crippen LogP contribution is 2.38. The second-order valence-corrected chi connectivity index (χ2v) is 7.02. The Bertz CT molecular complexity index is 410. The Hall–Kier alpha value is -0.540. The van der Waals surface area contributed by atoms with E-state index in [1.165, 1.54) is 25.7 Å². The van der Waals surface area contributed by atoms with E-state index in [1.54, 1.807) is 23.9 Å². The Morgan fingerprint density at radius 3 is 2.75 bits per heavy atom. The molecule has 0 radical (unpaired) electrons. The van der Waals surface area contributed by atoms with Gasteiger partial charge in [0.05, 0.1) is 0 Å². The van der Waals surface area contributed by atoms with Crippen molar-refractivity contribution in [3.63, 3.8) is 0 Å². The van der Waals surface area contributed by atoms with Crippen molar-refractivity contribution >= 4 is 11.8 Å². The molecule has 1 aromatic rings. The lowest BCUT2D eigenvalue weighted by Crippen LogP contribution is -2.42. The zero-order chi connectivity index (χ0) is 14.4. The van der Waals surface area contributed by atoms with Gasteiger partial charge in [0.15, 0.2) is 0 Å².